The first-order valence-corrected chi connectivity index (χ1v) is 8.40. The molecule has 28 heavy (non-hydrogen) atoms. The third kappa shape index (κ3) is 4.61. The molecule has 0 aliphatic heterocycles. The highest BCUT2D eigenvalue weighted by molar-refractivity contribution is 5.89. The highest BCUT2D eigenvalue weighted by atomic mass is 19.1. The standard InChI is InChI=1S/C19H18F2N6O/c1-11(28)26-17-7-15(14(10-23-17)18-24-8-12(20)9-25-18)27-13-4-5-22-16(6-13)19(2,3)21/h4-10H,1-3H3,(H2,22,23,26,27,28). The van der Waals surface area contributed by atoms with Gasteiger partial charge in [0.2, 0.25) is 5.91 Å². The third-order valence-electron chi connectivity index (χ3n) is 3.72. The zero-order valence-electron chi connectivity index (χ0n) is 15.5. The van der Waals surface area contributed by atoms with Gasteiger partial charge < -0.3 is 10.6 Å². The first-order chi connectivity index (χ1) is 13.2. The molecule has 7 nitrogen and oxygen atoms in total. The summed E-state index contributed by atoms with van der Waals surface area (Å²) < 4.78 is 27.4. The molecular formula is C19H18F2N6O. The van der Waals surface area contributed by atoms with Crippen molar-refractivity contribution in [2.45, 2.75) is 26.4 Å². The Morgan fingerprint density at radius 3 is 2.43 bits per heavy atom. The lowest BCUT2D eigenvalue weighted by Gasteiger charge is -2.16. The molecule has 3 aromatic heterocycles. The SMILES string of the molecule is CC(=O)Nc1cc(Nc2ccnc(C(C)(C)F)c2)c(-c2ncc(F)cn2)cn1. The van der Waals surface area contributed by atoms with Crippen LogP contribution in [0.25, 0.3) is 11.4 Å². The van der Waals surface area contributed by atoms with Gasteiger partial charge in [-0.2, -0.15) is 0 Å². The highest BCUT2D eigenvalue weighted by Crippen LogP contribution is 2.31. The number of amides is 1. The Kier molecular flexibility index (Phi) is 5.25. The molecule has 3 rings (SSSR count). The second kappa shape index (κ2) is 7.63. The van der Waals surface area contributed by atoms with E-state index in [0.29, 0.717) is 22.8 Å². The normalized spacial score (nSPS) is 11.2. The van der Waals surface area contributed by atoms with E-state index in [-0.39, 0.29) is 17.4 Å². The van der Waals surface area contributed by atoms with E-state index in [2.05, 4.69) is 30.6 Å². The zero-order valence-corrected chi connectivity index (χ0v) is 15.5. The Hall–Kier alpha value is -3.49. The van der Waals surface area contributed by atoms with Gasteiger partial charge in [-0.25, -0.2) is 23.7 Å². The van der Waals surface area contributed by atoms with Crippen LogP contribution in [0.3, 0.4) is 0 Å². The maximum Gasteiger partial charge on any atom is 0.222 e. The van der Waals surface area contributed by atoms with Crippen LogP contribution in [0.2, 0.25) is 0 Å². The molecule has 0 aromatic carbocycles. The molecular weight excluding hydrogens is 366 g/mol. The first kappa shape index (κ1) is 19.3. The lowest BCUT2D eigenvalue weighted by Crippen LogP contribution is -2.12. The van der Waals surface area contributed by atoms with Gasteiger partial charge in [-0.05, 0) is 26.0 Å². The van der Waals surface area contributed by atoms with E-state index in [9.17, 15) is 13.6 Å². The van der Waals surface area contributed by atoms with Gasteiger partial charge in [0.05, 0.1) is 29.3 Å². The number of hydrogen-bond acceptors (Lipinski definition) is 6. The molecule has 0 saturated heterocycles. The van der Waals surface area contributed by atoms with E-state index in [1.54, 1.807) is 18.2 Å². The Balaban J connectivity index is 2.03. The molecule has 0 bridgehead atoms. The van der Waals surface area contributed by atoms with Crippen molar-refractivity contribution in [1.29, 1.82) is 0 Å². The molecule has 0 aliphatic carbocycles. The van der Waals surface area contributed by atoms with Crippen molar-refractivity contribution < 1.29 is 13.6 Å². The van der Waals surface area contributed by atoms with E-state index in [1.807, 2.05) is 0 Å². The zero-order chi connectivity index (χ0) is 20.3. The van der Waals surface area contributed by atoms with Gasteiger partial charge in [-0.15, -0.1) is 0 Å². The summed E-state index contributed by atoms with van der Waals surface area (Å²) in [5, 5.41) is 5.73. The number of rotatable bonds is 5. The third-order valence-corrected chi connectivity index (χ3v) is 3.72. The second-order valence-corrected chi connectivity index (χ2v) is 6.55. The molecule has 0 radical (unpaired) electrons. The lowest BCUT2D eigenvalue weighted by molar-refractivity contribution is -0.114. The Bertz CT molecular complexity index is 1000. The summed E-state index contributed by atoms with van der Waals surface area (Å²) in [5.74, 6) is -0.300. The summed E-state index contributed by atoms with van der Waals surface area (Å²) in [7, 11) is 0. The monoisotopic (exact) mass is 384 g/mol. The Labute approximate surface area is 160 Å². The van der Waals surface area contributed by atoms with Crippen LogP contribution in [0.5, 0.6) is 0 Å². The molecule has 0 fully saturated rings. The minimum absolute atomic E-state index is 0.242. The maximum atomic E-state index is 14.2. The molecule has 0 unspecified atom stereocenters. The summed E-state index contributed by atoms with van der Waals surface area (Å²) >= 11 is 0. The van der Waals surface area contributed by atoms with Crippen molar-refractivity contribution in [3.05, 3.63) is 54.5 Å². The Morgan fingerprint density at radius 1 is 1.07 bits per heavy atom. The minimum atomic E-state index is -1.61. The quantitative estimate of drug-likeness (QED) is 0.691. The maximum absolute atomic E-state index is 14.2. The van der Waals surface area contributed by atoms with Crippen LogP contribution in [0.1, 0.15) is 26.5 Å². The molecule has 3 heterocycles. The van der Waals surface area contributed by atoms with Crippen LogP contribution in [-0.4, -0.2) is 25.8 Å². The smallest absolute Gasteiger partial charge is 0.222 e. The van der Waals surface area contributed by atoms with Crippen molar-refractivity contribution in [3.8, 4) is 11.4 Å². The van der Waals surface area contributed by atoms with Crippen LogP contribution < -0.4 is 10.6 Å². The van der Waals surface area contributed by atoms with Crippen molar-refractivity contribution in [3.63, 3.8) is 0 Å². The van der Waals surface area contributed by atoms with Crippen LogP contribution in [0.4, 0.5) is 26.0 Å². The number of aromatic nitrogens is 4. The summed E-state index contributed by atoms with van der Waals surface area (Å²) in [6.07, 6.45) is 5.04. The second-order valence-electron chi connectivity index (χ2n) is 6.55. The molecule has 0 spiro atoms. The van der Waals surface area contributed by atoms with Crippen molar-refractivity contribution >= 4 is 23.1 Å². The fourth-order valence-electron chi connectivity index (χ4n) is 2.43. The number of carbonyl (C=O) groups is 1. The molecule has 2 N–H and O–H groups in total. The van der Waals surface area contributed by atoms with Gasteiger partial charge >= 0.3 is 0 Å². The number of pyridine rings is 2. The molecule has 1 amide bonds. The summed E-state index contributed by atoms with van der Waals surface area (Å²) in [6.45, 7) is 4.20. The highest BCUT2D eigenvalue weighted by Gasteiger charge is 2.21. The van der Waals surface area contributed by atoms with E-state index < -0.39 is 11.5 Å². The fraction of sp³-hybridized carbons (Fsp3) is 0.211. The van der Waals surface area contributed by atoms with E-state index >= 15 is 0 Å². The lowest BCUT2D eigenvalue weighted by atomic mass is 10.1. The summed E-state index contributed by atoms with van der Waals surface area (Å²) in [6, 6.07) is 4.83. The fourth-order valence-corrected chi connectivity index (χ4v) is 2.43. The summed E-state index contributed by atoms with van der Waals surface area (Å²) in [5.41, 5.74) is 0.193. The van der Waals surface area contributed by atoms with Gasteiger partial charge in [-0.1, -0.05) is 0 Å². The summed E-state index contributed by atoms with van der Waals surface area (Å²) in [4.78, 5) is 27.5. The number of carbonyl (C=O) groups excluding carboxylic acids is 1. The van der Waals surface area contributed by atoms with Crippen molar-refractivity contribution in [2.24, 2.45) is 0 Å². The van der Waals surface area contributed by atoms with Crippen LogP contribution in [0.15, 0.2) is 43.0 Å². The number of nitrogens with one attached hydrogen (secondary N) is 2. The average Bonchev–Trinajstić information content (AvgIpc) is 2.62. The van der Waals surface area contributed by atoms with E-state index in [4.69, 9.17) is 0 Å². The van der Waals surface area contributed by atoms with Crippen molar-refractivity contribution in [1.82, 2.24) is 19.9 Å². The van der Waals surface area contributed by atoms with Crippen LogP contribution in [0, 0.1) is 5.82 Å². The van der Waals surface area contributed by atoms with E-state index in [0.717, 1.165) is 12.4 Å². The van der Waals surface area contributed by atoms with Gasteiger partial charge in [0.25, 0.3) is 0 Å². The van der Waals surface area contributed by atoms with Crippen molar-refractivity contribution in [2.75, 3.05) is 10.6 Å². The Morgan fingerprint density at radius 2 is 1.79 bits per heavy atom. The molecule has 0 saturated carbocycles. The molecule has 3 aromatic rings. The number of halogens is 2. The largest absolute Gasteiger partial charge is 0.355 e. The topological polar surface area (TPSA) is 92.7 Å². The number of anilines is 3. The first-order valence-electron chi connectivity index (χ1n) is 8.40. The van der Waals surface area contributed by atoms with Gasteiger partial charge in [-0.3, -0.25) is 9.78 Å². The minimum Gasteiger partial charge on any atom is -0.355 e. The predicted molar refractivity (Wildman–Crippen MR) is 101 cm³/mol. The van der Waals surface area contributed by atoms with Crippen LogP contribution >= 0.6 is 0 Å². The van der Waals surface area contributed by atoms with Gasteiger partial charge in [0, 0.05) is 31.1 Å². The van der Waals surface area contributed by atoms with Crippen LogP contribution in [-0.2, 0) is 10.5 Å². The van der Waals surface area contributed by atoms with E-state index in [1.165, 1.54) is 33.2 Å². The van der Waals surface area contributed by atoms with Gasteiger partial charge in [0.1, 0.15) is 11.5 Å². The van der Waals surface area contributed by atoms with Gasteiger partial charge in [0.15, 0.2) is 11.6 Å². The number of hydrogen-bond donors (Lipinski definition) is 2. The predicted octanol–water partition coefficient (Wildman–Crippen LogP) is 3.98. The number of alkyl halides is 1. The molecule has 144 valence electrons. The number of nitrogens with zero attached hydrogens (tertiary/aromatic N) is 4. The average molecular weight is 384 g/mol. The molecule has 9 heteroatoms. The molecule has 0 aliphatic rings. The molecule has 0 atom stereocenters.